The minimum Gasteiger partial charge on any atom is -0.308 e. The van der Waals surface area contributed by atoms with Crippen molar-refractivity contribution in [3.8, 4) is 0 Å². The quantitative estimate of drug-likeness (QED) is 0.539. The van der Waals surface area contributed by atoms with Crippen molar-refractivity contribution in [1.29, 1.82) is 0 Å². The highest BCUT2D eigenvalue weighted by molar-refractivity contribution is 4.53. The topological polar surface area (TPSA) is 6.48 Å². The summed E-state index contributed by atoms with van der Waals surface area (Å²) in [6, 6.07) is 0. The van der Waals surface area contributed by atoms with Gasteiger partial charge >= 0.3 is 0 Å². The summed E-state index contributed by atoms with van der Waals surface area (Å²) < 4.78 is 0. The highest BCUT2D eigenvalue weighted by Crippen LogP contribution is 1.80. The first-order valence-corrected chi connectivity index (χ1v) is 3.29. The van der Waals surface area contributed by atoms with E-state index in [9.17, 15) is 0 Å². The summed E-state index contributed by atoms with van der Waals surface area (Å²) in [5.41, 5.74) is 0. The van der Waals surface area contributed by atoms with Gasteiger partial charge in [-0.1, -0.05) is 0 Å². The molecular weight excluding hydrogens is 112 g/mol. The van der Waals surface area contributed by atoms with Crippen molar-refractivity contribution in [2.75, 3.05) is 40.8 Å². The Balaban J connectivity index is 3.06. The largest absolute Gasteiger partial charge is 0.308 e. The fraction of sp³-hybridized carbons (Fsp3) is 0.857. The summed E-state index contributed by atoms with van der Waals surface area (Å²) >= 11 is 0. The molecule has 0 saturated carbocycles. The van der Waals surface area contributed by atoms with E-state index in [4.69, 9.17) is 0 Å². The molecular formula is C7H17N2. The van der Waals surface area contributed by atoms with Gasteiger partial charge in [-0.25, -0.2) is 0 Å². The first-order chi connectivity index (χ1) is 4.16. The lowest BCUT2D eigenvalue weighted by Crippen LogP contribution is -2.28. The van der Waals surface area contributed by atoms with Crippen molar-refractivity contribution in [2.24, 2.45) is 0 Å². The first-order valence-electron chi connectivity index (χ1n) is 3.29. The number of hydrogen-bond donors (Lipinski definition) is 0. The van der Waals surface area contributed by atoms with Gasteiger partial charge in [0.1, 0.15) is 0 Å². The van der Waals surface area contributed by atoms with E-state index in [2.05, 4.69) is 37.9 Å². The highest BCUT2D eigenvalue weighted by atomic mass is 15.1. The lowest BCUT2D eigenvalue weighted by Gasteiger charge is -2.16. The Morgan fingerprint density at radius 3 is 2.00 bits per heavy atom. The number of nitrogens with zero attached hydrogens (tertiary/aromatic N) is 2. The van der Waals surface area contributed by atoms with Crippen LogP contribution in [0.15, 0.2) is 0 Å². The van der Waals surface area contributed by atoms with E-state index >= 15 is 0 Å². The minimum atomic E-state index is 0.897. The van der Waals surface area contributed by atoms with Gasteiger partial charge in [-0.3, -0.25) is 0 Å². The van der Waals surface area contributed by atoms with Gasteiger partial charge in [-0.05, 0) is 34.6 Å². The zero-order valence-corrected chi connectivity index (χ0v) is 6.72. The highest BCUT2D eigenvalue weighted by Gasteiger charge is 1.93. The molecule has 0 aromatic heterocycles. The van der Waals surface area contributed by atoms with E-state index in [1.165, 1.54) is 0 Å². The van der Waals surface area contributed by atoms with Crippen molar-refractivity contribution >= 4 is 0 Å². The van der Waals surface area contributed by atoms with Crippen molar-refractivity contribution in [3.05, 3.63) is 6.92 Å². The van der Waals surface area contributed by atoms with Crippen LogP contribution >= 0.6 is 0 Å². The molecule has 0 N–H and O–H groups in total. The molecule has 0 aliphatic heterocycles. The van der Waals surface area contributed by atoms with Gasteiger partial charge in [0.2, 0.25) is 0 Å². The van der Waals surface area contributed by atoms with Gasteiger partial charge in [-0.2, -0.15) is 0 Å². The summed E-state index contributed by atoms with van der Waals surface area (Å²) in [6.45, 7) is 6.89. The summed E-state index contributed by atoms with van der Waals surface area (Å²) in [5.74, 6) is 0. The minimum absolute atomic E-state index is 0.897. The van der Waals surface area contributed by atoms with Gasteiger partial charge in [0.25, 0.3) is 0 Å². The number of likely N-dealkylation sites (N-methyl/N-ethyl adjacent to an activating group) is 2. The van der Waals surface area contributed by atoms with Gasteiger partial charge in [-0.15, -0.1) is 0 Å². The molecule has 55 valence electrons. The maximum Gasteiger partial charge on any atom is 0.0106 e. The third-order valence-corrected chi connectivity index (χ3v) is 1.31. The molecule has 0 bridgehead atoms. The molecule has 0 rings (SSSR count). The van der Waals surface area contributed by atoms with Crippen molar-refractivity contribution < 1.29 is 0 Å². The molecule has 0 aromatic rings. The lowest BCUT2D eigenvalue weighted by molar-refractivity contribution is 0.301. The van der Waals surface area contributed by atoms with E-state index in [-0.39, 0.29) is 0 Å². The second kappa shape index (κ2) is 4.77. The molecule has 0 fully saturated rings. The van der Waals surface area contributed by atoms with Gasteiger partial charge in [0.15, 0.2) is 0 Å². The van der Waals surface area contributed by atoms with Crippen LogP contribution in [0.4, 0.5) is 0 Å². The summed E-state index contributed by atoms with van der Waals surface area (Å²) in [5, 5.41) is 0. The normalized spacial score (nSPS) is 11.3. The predicted molar refractivity (Wildman–Crippen MR) is 41.4 cm³/mol. The zero-order chi connectivity index (χ0) is 7.28. The standard InChI is InChI=1S/C7H17N2/c1-5-9(4)7-6-8(2)3/h1,5-7H2,2-4H3. The molecule has 0 unspecified atom stereocenters. The van der Waals surface area contributed by atoms with Crippen molar-refractivity contribution in [2.45, 2.75) is 0 Å². The predicted octanol–water partition coefficient (Wildman–Crippen LogP) is 0.314. The average molecular weight is 129 g/mol. The Morgan fingerprint density at radius 2 is 1.67 bits per heavy atom. The molecule has 0 heterocycles. The monoisotopic (exact) mass is 129 g/mol. The second-order valence-corrected chi connectivity index (χ2v) is 2.61. The fourth-order valence-corrected chi connectivity index (χ4v) is 0.483. The van der Waals surface area contributed by atoms with Crippen LogP contribution < -0.4 is 0 Å². The SMILES string of the molecule is [CH2]CN(C)CCN(C)C. The van der Waals surface area contributed by atoms with Crippen molar-refractivity contribution in [1.82, 2.24) is 9.80 Å². The number of hydrogen-bond acceptors (Lipinski definition) is 2. The molecule has 0 atom stereocenters. The van der Waals surface area contributed by atoms with E-state index in [0.717, 1.165) is 19.6 Å². The summed E-state index contributed by atoms with van der Waals surface area (Å²) in [7, 11) is 6.24. The van der Waals surface area contributed by atoms with Crippen LogP contribution in [0.3, 0.4) is 0 Å². The summed E-state index contributed by atoms with van der Waals surface area (Å²) in [6.07, 6.45) is 0. The van der Waals surface area contributed by atoms with Crippen LogP contribution in [0.5, 0.6) is 0 Å². The molecule has 0 aliphatic rings. The van der Waals surface area contributed by atoms with Crippen molar-refractivity contribution in [3.63, 3.8) is 0 Å². The molecule has 9 heavy (non-hydrogen) atoms. The van der Waals surface area contributed by atoms with Crippen LogP contribution in [-0.2, 0) is 0 Å². The molecule has 0 spiro atoms. The molecule has 1 radical (unpaired) electrons. The molecule has 0 saturated heterocycles. The Kier molecular flexibility index (Phi) is 4.72. The van der Waals surface area contributed by atoms with E-state index in [0.29, 0.717) is 0 Å². The molecule has 0 amide bonds. The van der Waals surface area contributed by atoms with E-state index in [1.54, 1.807) is 0 Å². The van der Waals surface area contributed by atoms with Crippen LogP contribution in [0.25, 0.3) is 0 Å². The van der Waals surface area contributed by atoms with Crippen LogP contribution in [0.1, 0.15) is 0 Å². The van der Waals surface area contributed by atoms with Crippen LogP contribution in [0.2, 0.25) is 0 Å². The second-order valence-electron chi connectivity index (χ2n) is 2.61. The van der Waals surface area contributed by atoms with Gasteiger partial charge in [0, 0.05) is 13.1 Å². The van der Waals surface area contributed by atoms with Crippen LogP contribution in [-0.4, -0.2) is 50.6 Å². The third-order valence-electron chi connectivity index (χ3n) is 1.31. The average Bonchev–Trinajstić information content (AvgIpc) is 1.83. The Bertz CT molecular complexity index is 61.9. The summed E-state index contributed by atoms with van der Waals surface area (Å²) in [4.78, 5) is 4.37. The Labute approximate surface area is 58.4 Å². The zero-order valence-electron chi connectivity index (χ0n) is 6.72. The van der Waals surface area contributed by atoms with Gasteiger partial charge < -0.3 is 9.80 Å². The van der Waals surface area contributed by atoms with Gasteiger partial charge in [0.05, 0.1) is 0 Å². The Hall–Kier alpha value is -0.0800. The smallest absolute Gasteiger partial charge is 0.0106 e. The molecule has 0 aromatic carbocycles. The third kappa shape index (κ3) is 5.80. The first kappa shape index (κ1) is 8.92. The van der Waals surface area contributed by atoms with Crippen LogP contribution in [0, 0.1) is 6.92 Å². The lowest BCUT2D eigenvalue weighted by atomic mass is 10.5. The molecule has 2 nitrogen and oxygen atoms in total. The molecule has 2 heteroatoms. The maximum atomic E-state index is 3.77. The molecule has 0 aliphatic carbocycles. The Morgan fingerprint density at radius 1 is 1.11 bits per heavy atom. The fourth-order valence-electron chi connectivity index (χ4n) is 0.483. The number of rotatable bonds is 4. The van der Waals surface area contributed by atoms with E-state index in [1.807, 2.05) is 0 Å². The maximum absolute atomic E-state index is 3.77. The van der Waals surface area contributed by atoms with E-state index < -0.39 is 0 Å².